The Kier molecular flexibility index (Phi) is 2.49. The quantitative estimate of drug-likeness (QED) is 0.734. The summed E-state index contributed by atoms with van der Waals surface area (Å²) in [6.07, 6.45) is 1.21. The summed E-state index contributed by atoms with van der Waals surface area (Å²) in [5.41, 5.74) is 2.72. The van der Waals surface area contributed by atoms with Gasteiger partial charge in [0.2, 0.25) is 0 Å². The van der Waals surface area contributed by atoms with Crippen LogP contribution in [0.15, 0.2) is 23.1 Å². The van der Waals surface area contributed by atoms with Crippen molar-refractivity contribution < 1.29 is 0 Å². The van der Waals surface area contributed by atoms with E-state index in [-0.39, 0.29) is 0 Å². The maximum absolute atomic E-state index is 3.59. The number of fused-ring (bicyclic) bond motifs is 1. The highest BCUT2D eigenvalue weighted by molar-refractivity contribution is 7.99. The van der Waals surface area contributed by atoms with Crippen molar-refractivity contribution in [2.75, 3.05) is 11.1 Å². The second-order valence-corrected chi connectivity index (χ2v) is 4.57. The van der Waals surface area contributed by atoms with Gasteiger partial charge in [-0.25, -0.2) is 0 Å². The third-order valence-electron chi connectivity index (χ3n) is 2.52. The fraction of sp³-hybridized carbons (Fsp3) is 0.455. The van der Waals surface area contributed by atoms with Gasteiger partial charge in [0, 0.05) is 16.7 Å². The Balaban J connectivity index is 2.32. The van der Waals surface area contributed by atoms with Gasteiger partial charge in [-0.05, 0) is 25.0 Å². The summed E-state index contributed by atoms with van der Waals surface area (Å²) in [7, 11) is 0. The molecular formula is C11H15NS. The second-order valence-electron chi connectivity index (χ2n) is 3.51. The van der Waals surface area contributed by atoms with E-state index in [0.717, 1.165) is 0 Å². The van der Waals surface area contributed by atoms with E-state index in [1.165, 1.54) is 28.3 Å². The molecule has 2 rings (SSSR count). The van der Waals surface area contributed by atoms with Crippen molar-refractivity contribution in [1.29, 1.82) is 0 Å². The van der Waals surface area contributed by atoms with Crippen molar-refractivity contribution >= 4 is 17.4 Å². The maximum atomic E-state index is 3.59. The molecule has 0 fully saturated rings. The number of rotatable bonds is 1. The highest BCUT2D eigenvalue weighted by Gasteiger charge is 2.17. The number of hydrogen-bond acceptors (Lipinski definition) is 2. The summed E-state index contributed by atoms with van der Waals surface area (Å²) >= 11 is 1.97. The van der Waals surface area contributed by atoms with Gasteiger partial charge in [-0.3, -0.25) is 0 Å². The molecule has 2 heteroatoms. The van der Waals surface area contributed by atoms with Crippen molar-refractivity contribution in [2.45, 2.75) is 31.2 Å². The summed E-state index contributed by atoms with van der Waals surface area (Å²) in [5, 5.41) is 3.59. The molecule has 0 spiro atoms. The van der Waals surface area contributed by atoms with Gasteiger partial charge in [0.25, 0.3) is 0 Å². The molecule has 0 bridgehead atoms. The first-order chi connectivity index (χ1) is 6.31. The first kappa shape index (κ1) is 8.95. The Bertz CT molecular complexity index is 309. The SMILES string of the molecule is CCC1CSc2cccc(C)c2N1. The monoisotopic (exact) mass is 193 g/mol. The lowest BCUT2D eigenvalue weighted by Gasteiger charge is -2.26. The fourth-order valence-corrected chi connectivity index (χ4v) is 2.84. The van der Waals surface area contributed by atoms with Crippen LogP contribution in [0, 0.1) is 6.92 Å². The third kappa shape index (κ3) is 1.68. The average Bonchev–Trinajstić information content (AvgIpc) is 2.18. The van der Waals surface area contributed by atoms with Crippen LogP contribution in [0.25, 0.3) is 0 Å². The normalized spacial score (nSPS) is 20.6. The number of aryl methyl sites for hydroxylation is 1. The summed E-state index contributed by atoms with van der Waals surface area (Å²) < 4.78 is 0. The van der Waals surface area contributed by atoms with Crippen molar-refractivity contribution in [3.05, 3.63) is 23.8 Å². The minimum absolute atomic E-state index is 0.651. The maximum Gasteiger partial charge on any atom is 0.0510 e. The lowest BCUT2D eigenvalue weighted by atomic mass is 10.1. The van der Waals surface area contributed by atoms with Gasteiger partial charge in [0.05, 0.1) is 5.69 Å². The van der Waals surface area contributed by atoms with Crippen LogP contribution in [0.3, 0.4) is 0 Å². The zero-order valence-corrected chi connectivity index (χ0v) is 8.95. The first-order valence-electron chi connectivity index (χ1n) is 4.80. The molecule has 13 heavy (non-hydrogen) atoms. The second kappa shape index (κ2) is 3.62. The molecule has 1 aromatic rings. The van der Waals surface area contributed by atoms with Crippen molar-refractivity contribution in [3.8, 4) is 0 Å². The number of anilines is 1. The smallest absolute Gasteiger partial charge is 0.0510 e. The van der Waals surface area contributed by atoms with Crippen LogP contribution in [0.4, 0.5) is 5.69 Å². The third-order valence-corrected chi connectivity index (χ3v) is 3.74. The highest BCUT2D eigenvalue weighted by atomic mass is 32.2. The molecule has 1 aliphatic heterocycles. The van der Waals surface area contributed by atoms with E-state index < -0.39 is 0 Å². The topological polar surface area (TPSA) is 12.0 Å². The molecule has 0 aromatic heterocycles. The van der Waals surface area contributed by atoms with Gasteiger partial charge in [-0.1, -0.05) is 19.1 Å². The molecule has 0 amide bonds. The molecule has 70 valence electrons. The standard InChI is InChI=1S/C11H15NS/c1-3-9-7-13-10-6-4-5-8(2)11(10)12-9/h4-6,9,12H,3,7H2,1-2H3. The minimum atomic E-state index is 0.651. The number of para-hydroxylation sites is 1. The van der Waals surface area contributed by atoms with Crippen LogP contribution in [-0.2, 0) is 0 Å². The lowest BCUT2D eigenvalue weighted by molar-refractivity contribution is 0.763. The molecule has 1 aliphatic rings. The van der Waals surface area contributed by atoms with E-state index in [9.17, 15) is 0 Å². The first-order valence-corrected chi connectivity index (χ1v) is 5.78. The molecule has 1 heterocycles. The Hall–Kier alpha value is -0.630. The van der Waals surface area contributed by atoms with Crippen LogP contribution in [0.5, 0.6) is 0 Å². The minimum Gasteiger partial charge on any atom is -0.380 e. The molecule has 0 aliphatic carbocycles. The van der Waals surface area contributed by atoms with Gasteiger partial charge in [-0.15, -0.1) is 11.8 Å². The highest BCUT2D eigenvalue weighted by Crippen LogP contribution is 2.35. The van der Waals surface area contributed by atoms with E-state index in [4.69, 9.17) is 0 Å². The van der Waals surface area contributed by atoms with E-state index in [2.05, 4.69) is 37.4 Å². The number of benzene rings is 1. The molecule has 0 saturated heterocycles. The van der Waals surface area contributed by atoms with Crippen LogP contribution in [0.1, 0.15) is 18.9 Å². The summed E-state index contributed by atoms with van der Waals surface area (Å²) in [6, 6.07) is 7.16. The van der Waals surface area contributed by atoms with E-state index in [0.29, 0.717) is 6.04 Å². The molecule has 0 saturated carbocycles. The summed E-state index contributed by atoms with van der Waals surface area (Å²) in [4.78, 5) is 1.41. The number of hydrogen-bond donors (Lipinski definition) is 1. The Morgan fingerprint density at radius 1 is 1.54 bits per heavy atom. The molecule has 1 N–H and O–H groups in total. The summed E-state index contributed by atoms with van der Waals surface area (Å²) in [6.45, 7) is 4.41. The van der Waals surface area contributed by atoms with Gasteiger partial charge in [0.1, 0.15) is 0 Å². The van der Waals surface area contributed by atoms with Gasteiger partial charge < -0.3 is 5.32 Å². The van der Waals surface area contributed by atoms with Crippen molar-refractivity contribution in [3.63, 3.8) is 0 Å². The van der Waals surface area contributed by atoms with Crippen LogP contribution >= 0.6 is 11.8 Å². The predicted octanol–water partition coefficient (Wildman–Crippen LogP) is 3.29. The molecular weight excluding hydrogens is 178 g/mol. The van der Waals surface area contributed by atoms with E-state index in [1.807, 2.05) is 11.8 Å². The van der Waals surface area contributed by atoms with Gasteiger partial charge in [0.15, 0.2) is 0 Å². The van der Waals surface area contributed by atoms with E-state index >= 15 is 0 Å². The Labute approximate surface area is 83.9 Å². The molecule has 1 unspecified atom stereocenters. The van der Waals surface area contributed by atoms with Crippen LogP contribution in [-0.4, -0.2) is 11.8 Å². The Morgan fingerprint density at radius 2 is 2.38 bits per heavy atom. The Morgan fingerprint density at radius 3 is 3.15 bits per heavy atom. The molecule has 0 radical (unpaired) electrons. The van der Waals surface area contributed by atoms with Gasteiger partial charge in [-0.2, -0.15) is 0 Å². The molecule has 1 atom stereocenters. The largest absolute Gasteiger partial charge is 0.380 e. The zero-order chi connectivity index (χ0) is 9.26. The number of nitrogens with one attached hydrogen (secondary N) is 1. The van der Waals surface area contributed by atoms with Crippen LogP contribution < -0.4 is 5.32 Å². The predicted molar refractivity (Wildman–Crippen MR) is 59.6 cm³/mol. The average molecular weight is 193 g/mol. The zero-order valence-electron chi connectivity index (χ0n) is 8.13. The van der Waals surface area contributed by atoms with Crippen LogP contribution in [0.2, 0.25) is 0 Å². The van der Waals surface area contributed by atoms with Crippen molar-refractivity contribution in [2.24, 2.45) is 0 Å². The fourth-order valence-electron chi connectivity index (χ4n) is 1.60. The van der Waals surface area contributed by atoms with Gasteiger partial charge >= 0.3 is 0 Å². The lowest BCUT2D eigenvalue weighted by Crippen LogP contribution is -2.25. The number of thioether (sulfide) groups is 1. The molecule has 1 nitrogen and oxygen atoms in total. The van der Waals surface area contributed by atoms with Crippen molar-refractivity contribution in [1.82, 2.24) is 0 Å². The summed E-state index contributed by atoms with van der Waals surface area (Å²) in [5.74, 6) is 1.20. The van der Waals surface area contributed by atoms with E-state index in [1.54, 1.807) is 0 Å². The molecule has 1 aromatic carbocycles.